The number of rotatable bonds is 6. The Morgan fingerprint density at radius 2 is 1.54 bits per heavy atom. The Hall–Kier alpha value is -2.47. The van der Waals surface area contributed by atoms with E-state index in [0.717, 1.165) is 46.4 Å². The van der Waals surface area contributed by atoms with E-state index in [4.69, 9.17) is 4.74 Å². The molecule has 0 unspecified atom stereocenters. The summed E-state index contributed by atoms with van der Waals surface area (Å²) in [6, 6.07) is 3.29. The SMILES string of the molecule is Cc1c(C)c(C)c(C(=O)COC(=O)c2ccc(NC(=O)C3CC3)s2)c(C)c1C. The van der Waals surface area contributed by atoms with Crippen LogP contribution in [0.1, 0.15) is 60.7 Å². The third-order valence-corrected chi connectivity index (χ3v) is 6.60. The highest BCUT2D eigenvalue weighted by atomic mass is 32.1. The number of benzene rings is 1. The van der Waals surface area contributed by atoms with Crippen LogP contribution in [0.5, 0.6) is 0 Å². The first kappa shape index (κ1) is 20.3. The highest BCUT2D eigenvalue weighted by molar-refractivity contribution is 7.18. The number of ketones is 1. The molecule has 3 rings (SSSR count). The van der Waals surface area contributed by atoms with Crippen LogP contribution in [0.15, 0.2) is 12.1 Å². The molecule has 0 spiro atoms. The second kappa shape index (κ2) is 7.87. The van der Waals surface area contributed by atoms with Crippen molar-refractivity contribution in [3.05, 3.63) is 50.4 Å². The first-order chi connectivity index (χ1) is 13.2. The van der Waals surface area contributed by atoms with E-state index < -0.39 is 5.97 Å². The maximum Gasteiger partial charge on any atom is 0.348 e. The maximum atomic E-state index is 12.7. The van der Waals surface area contributed by atoms with Gasteiger partial charge in [-0.15, -0.1) is 11.3 Å². The third-order valence-electron chi connectivity index (χ3n) is 5.61. The summed E-state index contributed by atoms with van der Waals surface area (Å²) in [4.78, 5) is 37.2. The number of Topliss-reactive ketones (excluding diaryl/α,β-unsaturated/α-hetero) is 1. The molecule has 0 bridgehead atoms. The van der Waals surface area contributed by atoms with Gasteiger partial charge in [0.2, 0.25) is 11.7 Å². The van der Waals surface area contributed by atoms with E-state index in [1.165, 1.54) is 5.56 Å². The lowest BCUT2D eigenvalue weighted by Crippen LogP contribution is -2.17. The van der Waals surface area contributed by atoms with Crippen molar-refractivity contribution in [2.45, 2.75) is 47.5 Å². The Morgan fingerprint density at radius 1 is 0.964 bits per heavy atom. The minimum atomic E-state index is -0.555. The Bertz CT molecular complexity index is 940. The van der Waals surface area contributed by atoms with Gasteiger partial charge in [0.05, 0.1) is 5.00 Å². The van der Waals surface area contributed by atoms with Crippen molar-refractivity contribution in [3.63, 3.8) is 0 Å². The number of hydrogen-bond acceptors (Lipinski definition) is 5. The molecule has 1 aliphatic carbocycles. The Morgan fingerprint density at radius 3 is 2.11 bits per heavy atom. The highest BCUT2D eigenvalue weighted by Crippen LogP contribution is 2.32. The molecule has 0 atom stereocenters. The normalized spacial score (nSPS) is 13.3. The molecule has 5 nitrogen and oxygen atoms in total. The summed E-state index contributed by atoms with van der Waals surface area (Å²) in [7, 11) is 0. The summed E-state index contributed by atoms with van der Waals surface area (Å²) in [5.41, 5.74) is 5.87. The largest absolute Gasteiger partial charge is 0.453 e. The summed E-state index contributed by atoms with van der Waals surface area (Å²) < 4.78 is 5.25. The highest BCUT2D eigenvalue weighted by Gasteiger charge is 2.30. The van der Waals surface area contributed by atoms with Gasteiger partial charge in [-0.1, -0.05) is 0 Å². The minimum absolute atomic E-state index is 0.00648. The van der Waals surface area contributed by atoms with Crippen LogP contribution in [0.2, 0.25) is 0 Å². The number of carbonyl (C=O) groups is 3. The number of esters is 1. The summed E-state index contributed by atoms with van der Waals surface area (Å²) in [6.45, 7) is 9.61. The molecule has 2 aromatic rings. The van der Waals surface area contributed by atoms with Crippen LogP contribution in [0.4, 0.5) is 5.00 Å². The fourth-order valence-electron chi connectivity index (χ4n) is 3.28. The molecular weight excluding hydrogens is 374 g/mol. The van der Waals surface area contributed by atoms with Crippen LogP contribution in [-0.2, 0) is 9.53 Å². The van der Waals surface area contributed by atoms with Gasteiger partial charge in [-0.25, -0.2) is 4.79 Å². The van der Waals surface area contributed by atoms with Crippen molar-refractivity contribution in [2.75, 3.05) is 11.9 Å². The van der Waals surface area contributed by atoms with E-state index in [2.05, 4.69) is 12.2 Å². The van der Waals surface area contributed by atoms with E-state index in [9.17, 15) is 14.4 Å². The smallest absolute Gasteiger partial charge is 0.348 e. The van der Waals surface area contributed by atoms with Crippen molar-refractivity contribution in [1.29, 1.82) is 0 Å². The molecule has 6 heteroatoms. The van der Waals surface area contributed by atoms with Crippen molar-refractivity contribution >= 4 is 34.0 Å². The van der Waals surface area contributed by atoms with Gasteiger partial charge >= 0.3 is 5.97 Å². The molecule has 148 valence electrons. The molecule has 1 heterocycles. The van der Waals surface area contributed by atoms with E-state index in [-0.39, 0.29) is 24.2 Å². The predicted octanol–water partition coefficient (Wildman–Crippen LogP) is 4.68. The van der Waals surface area contributed by atoms with Crippen molar-refractivity contribution < 1.29 is 19.1 Å². The molecule has 1 fully saturated rings. The van der Waals surface area contributed by atoms with Crippen molar-refractivity contribution in [3.8, 4) is 0 Å². The van der Waals surface area contributed by atoms with Gasteiger partial charge < -0.3 is 10.1 Å². The Kier molecular flexibility index (Phi) is 5.70. The van der Waals surface area contributed by atoms with Crippen LogP contribution in [0, 0.1) is 40.5 Å². The number of ether oxygens (including phenoxy) is 1. The number of nitrogens with one attached hydrogen (secondary N) is 1. The van der Waals surface area contributed by atoms with Gasteiger partial charge in [-0.05, 0) is 87.4 Å². The second-order valence-corrected chi connectivity index (χ2v) is 8.51. The number of thiophene rings is 1. The summed E-state index contributed by atoms with van der Waals surface area (Å²) >= 11 is 1.16. The zero-order chi connectivity index (χ0) is 20.6. The first-order valence-electron chi connectivity index (χ1n) is 9.38. The second-order valence-electron chi connectivity index (χ2n) is 7.43. The van der Waals surface area contributed by atoms with Crippen molar-refractivity contribution in [1.82, 2.24) is 0 Å². The standard InChI is InChI=1S/C22H25NO4S/c1-11-12(2)14(4)20(15(5)13(11)3)17(24)10-27-22(26)18-8-9-19(28-18)23-21(25)16-6-7-16/h8-9,16H,6-7,10H2,1-5H3,(H,23,25). The Balaban J connectivity index is 1.66. The molecule has 1 aromatic carbocycles. The topological polar surface area (TPSA) is 72.5 Å². The third kappa shape index (κ3) is 4.02. The average Bonchev–Trinajstić information content (AvgIpc) is 3.42. The maximum absolute atomic E-state index is 12.7. The molecule has 1 saturated carbocycles. The van der Waals surface area contributed by atoms with Crippen LogP contribution in [0.3, 0.4) is 0 Å². The summed E-state index contributed by atoms with van der Waals surface area (Å²) in [5.74, 6) is -0.662. The van der Waals surface area contributed by atoms with Crippen LogP contribution in [0.25, 0.3) is 0 Å². The van der Waals surface area contributed by atoms with Gasteiger partial charge in [0.15, 0.2) is 6.61 Å². The van der Waals surface area contributed by atoms with Gasteiger partial charge in [0, 0.05) is 11.5 Å². The van der Waals surface area contributed by atoms with Gasteiger partial charge in [0.25, 0.3) is 0 Å². The van der Waals surface area contributed by atoms with Gasteiger partial charge in [0.1, 0.15) is 4.88 Å². The number of hydrogen-bond donors (Lipinski definition) is 1. The zero-order valence-electron chi connectivity index (χ0n) is 16.9. The van der Waals surface area contributed by atoms with Gasteiger partial charge in [-0.2, -0.15) is 0 Å². The van der Waals surface area contributed by atoms with E-state index in [1.807, 2.05) is 27.7 Å². The van der Waals surface area contributed by atoms with Crippen molar-refractivity contribution in [2.24, 2.45) is 5.92 Å². The molecule has 1 N–H and O–H groups in total. The molecule has 28 heavy (non-hydrogen) atoms. The van der Waals surface area contributed by atoms with Crippen LogP contribution in [-0.4, -0.2) is 24.3 Å². The van der Waals surface area contributed by atoms with Crippen LogP contribution < -0.4 is 5.32 Å². The number of anilines is 1. The number of carbonyl (C=O) groups excluding carboxylic acids is 3. The molecular formula is C22H25NO4S. The minimum Gasteiger partial charge on any atom is -0.453 e. The lowest BCUT2D eigenvalue weighted by molar-refractivity contribution is -0.117. The molecule has 0 aliphatic heterocycles. The first-order valence-corrected chi connectivity index (χ1v) is 10.2. The monoisotopic (exact) mass is 399 g/mol. The predicted molar refractivity (Wildman–Crippen MR) is 110 cm³/mol. The lowest BCUT2D eigenvalue weighted by atomic mass is 9.88. The summed E-state index contributed by atoms with van der Waals surface area (Å²) in [6.07, 6.45) is 1.84. The fourth-order valence-corrected chi connectivity index (χ4v) is 4.08. The van der Waals surface area contributed by atoms with Crippen LogP contribution >= 0.6 is 11.3 Å². The lowest BCUT2D eigenvalue weighted by Gasteiger charge is -2.17. The average molecular weight is 400 g/mol. The van der Waals surface area contributed by atoms with E-state index >= 15 is 0 Å². The summed E-state index contributed by atoms with van der Waals surface area (Å²) in [5, 5.41) is 3.42. The van der Waals surface area contributed by atoms with E-state index in [1.54, 1.807) is 12.1 Å². The zero-order valence-corrected chi connectivity index (χ0v) is 17.7. The van der Waals surface area contributed by atoms with Gasteiger partial charge in [-0.3, -0.25) is 9.59 Å². The molecule has 0 saturated heterocycles. The van der Waals surface area contributed by atoms with E-state index in [0.29, 0.717) is 15.4 Å². The molecule has 0 radical (unpaired) electrons. The number of amides is 1. The molecule has 1 aliphatic rings. The fraction of sp³-hybridized carbons (Fsp3) is 0.409. The molecule has 1 aromatic heterocycles. The quantitative estimate of drug-likeness (QED) is 0.565. The Labute approximate surface area is 169 Å². The molecule has 1 amide bonds.